The van der Waals surface area contributed by atoms with E-state index in [2.05, 4.69) is 28.5 Å². The van der Waals surface area contributed by atoms with Gasteiger partial charge in [0.05, 0.1) is 17.6 Å². The number of hydrogen-bond donors (Lipinski definition) is 1. The van der Waals surface area contributed by atoms with E-state index in [-0.39, 0.29) is 6.54 Å². The Morgan fingerprint density at radius 1 is 1.17 bits per heavy atom. The number of carbonyl (C=O) groups is 1. The molecule has 0 spiro atoms. The molecule has 3 aromatic rings. The second-order valence-corrected chi connectivity index (χ2v) is 10.2. The first-order chi connectivity index (χ1) is 14.3. The van der Waals surface area contributed by atoms with Crippen LogP contribution in [0.4, 0.5) is 10.8 Å². The zero-order valence-electron chi connectivity index (χ0n) is 16.9. The number of nitrogens with one attached hydrogen (secondary N) is 1. The third-order valence-electron chi connectivity index (χ3n) is 5.22. The molecule has 0 unspecified atom stereocenters. The Kier molecular flexibility index (Phi) is 5.62. The van der Waals surface area contributed by atoms with E-state index in [1.807, 2.05) is 24.4 Å². The standard InChI is InChI=1S/C22H23N3O3S2/c1-15-6-3-4-9-20(15)25(30(2,27)28)13-21(26)24-22-23-19(14-29-22)18-11-10-16-7-5-8-17(16)12-18/h3-4,6,9-12,14H,5,7-8,13H2,1-2H3,(H,23,24,26). The maximum Gasteiger partial charge on any atom is 0.246 e. The zero-order chi connectivity index (χ0) is 21.3. The summed E-state index contributed by atoms with van der Waals surface area (Å²) in [5, 5.41) is 5.10. The largest absolute Gasteiger partial charge is 0.300 e. The van der Waals surface area contributed by atoms with Gasteiger partial charge in [-0.25, -0.2) is 13.4 Å². The minimum Gasteiger partial charge on any atom is -0.300 e. The van der Waals surface area contributed by atoms with E-state index >= 15 is 0 Å². The van der Waals surface area contributed by atoms with E-state index in [1.165, 1.54) is 28.9 Å². The Labute approximate surface area is 180 Å². The smallest absolute Gasteiger partial charge is 0.246 e. The van der Waals surface area contributed by atoms with Crippen molar-refractivity contribution in [2.45, 2.75) is 26.2 Å². The highest BCUT2D eigenvalue weighted by Gasteiger charge is 2.23. The van der Waals surface area contributed by atoms with Crippen LogP contribution in [0, 0.1) is 6.92 Å². The molecule has 2 aromatic carbocycles. The van der Waals surface area contributed by atoms with E-state index in [4.69, 9.17) is 0 Å². The highest BCUT2D eigenvalue weighted by molar-refractivity contribution is 7.92. The molecule has 1 amide bonds. The van der Waals surface area contributed by atoms with Crippen molar-refractivity contribution in [1.82, 2.24) is 4.98 Å². The number of aromatic nitrogens is 1. The molecule has 4 rings (SSSR count). The predicted octanol–water partition coefficient (Wildman–Crippen LogP) is 4.01. The molecule has 1 aliphatic rings. The van der Waals surface area contributed by atoms with Crippen molar-refractivity contribution in [1.29, 1.82) is 0 Å². The number of fused-ring (bicyclic) bond motifs is 1. The summed E-state index contributed by atoms with van der Waals surface area (Å²) in [6.45, 7) is 1.51. The predicted molar refractivity (Wildman–Crippen MR) is 122 cm³/mol. The normalized spacial score (nSPS) is 13.1. The molecule has 0 fully saturated rings. The summed E-state index contributed by atoms with van der Waals surface area (Å²) in [7, 11) is -3.62. The molecule has 0 aliphatic heterocycles. The number of hydrogen-bond acceptors (Lipinski definition) is 5. The van der Waals surface area contributed by atoms with Crippen LogP contribution >= 0.6 is 11.3 Å². The lowest BCUT2D eigenvalue weighted by atomic mass is 10.1. The molecule has 0 saturated carbocycles. The lowest BCUT2D eigenvalue weighted by Gasteiger charge is -2.23. The molecule has 0 saturated heterocycles. The van der Waals surface area contributed by atoms with Crippen molar-refractivity contribution in [3.63, 3.8) is 0 Å². The van der Waals surface area contributed by atoms with Gasteiger partial charge in [-0.05, 0) is 55.0 Å². The van der Waals surface area contributed by atoms with Gasteiger partial charge in [-0.1, -0.05) is 30.3 Å². The molecule has 0 radical (unpaired) electrons. The van der Waals surface area contributed by atoms with Crippen molar-refractivity contribution in [2.75, 3.05) is 22.4 Å². The van der Waals surface area contributed by atoms with Gasteiger partial charge < -0.3 is 5.32 Å². The van der Waals surface area contributed by atoms with Crippen LogP contribution in [0.3, 0.4) is 0 Å². The molecule has 1 heterocycles. The van der Waals surface area contributed by atoms with Gasteiger partial charge in [-0.3, -0.25) is 9.10 Å². The van der Waals surface area contributed by atoms with Crippen molar-refractivity contribution in [3.8, 4) is 11.3 Å². The fourth-order valence-corrected chi connectivity index (χ4v) is 5.36. The maximum absolute atomic E-state index is 12.6. The number of aryl methyl sites for hydroxylation is 3. The van der Waals surface area contributed by atoms with E-state index in [1.54, 1.807) is 12.1 Å². The highest BCUT2D eigenvalue weighted by Crippen LogP contribution is 2.30. The number of sulfonamides is 1. The van der Waals surface area contributed by atoms with Crippen LogP contribution in [0.5, 0.6) is 0 Å². The molecule has 1 aromatic heterocycles. The number of nitrogens with zero attached hydrogens (tertiary/aromatic N) is 2. The quantitative estimate of drug-likeness (QED) is 0.627. The Hall–Kier alpha value is -2.71. The van der Waals surface area contributed by atoms with Crippen LogP contribution in [0.25, 0.3) is 11.3 Å². The van der Waals surface area contributed by atoms with E-state index in [9.17, 15) is 13.2 Å². The van der Waals surface area contributed by atoms with Crippen molar-refractivity contribution < 1.29 is 13.2 Å². The number of para-hydroxylation sites is 1. The Balaban J connectivity index is 1.49. The summed E-state index contributed by atoms with van der Waals surface area (Å²) < 4.78 is 25.7. The van der Waals surface area contributed by atoms with Crippen molar-refractivity contribution >= 4 is 38.1 Å². The molecule has 30 heavy (non-hydrogen) atoms. The molecular weight excluding hydrogens is 418 g/mol. The van der Waals surface area contributed by atoms with Gasteiger partial charge >= 0.3 is 0 Å². The third-order valence-corrected chi connectivity index (χ3v) is 7.10. The number of anilines is 2. The average molecular weight is 442 g/mol. The molecule has 8 heteroatoms. The minimum absolute atomic E-state index is 0.308. The SMILES string of the molecule is Cc1ccccc1N(CC(=O)Nc1nc(-c2ccc3c(c2)CCC3)cs1)S(C)(=O)=O. The van der Waals surface area contributed by atoms with Crippen molar-refractivity contribution in [3.05, 3.63) is 64.5 Å². The first kappa shape index (κ1) is 20.6. The summed E-state index contributed by atoms with van der Waals surface area (Å²) >= 11 is 1.33. The van der Waals surface area contributed by atoms with Crippen LogP contribution in [-0.4, -0.2) is 32.1 Å². The van der Waals surface area contributed by atoms with Crippen LogP contribution in [0.2, 0.25) is 0 Å². The molecule has 1 N–H and O–H groups in total. The molecular formula is C22H23N3O3S2. The molecule has 156 valence electrons. The lowest BCUT2D eigenvalue weighted by molar-refractivity contribution is -0.114. The van der Waals surface area contributed by atoms with Gasteiger partial charge in [0.15, 0.2) is 5.13 Å². The Bertz CT molecular complexity index is 1200. The number of carbonyl (C=O) groups excluding carboxylic acids is 1. The fraction of sp³-hybridized carbons (Fsp3) is 0.273. The highest BCUT2D eigenvalue weighted by atomic mass is 32.2. The summed E-state index contributed by atoms with van der Waals surface area (Å²) in [4.78, 5) is 17.1. The summed E-state index contributed by atoms with van der Waals surface area (Å²) in [5.41, 5.74) is 5.89. The summed E-state index contributed by atoms with van der Waals surface area (Å²) in [5.74, 6) is -0.432. The molecule has 0 atom stereocenters. The van der Waals surface area contributed by atoms with Crippen molar-refractivity contribution in [2.24, 2.45) is 0 Å². The lowest BCUT2D eigenvalue weighted by Crippen LogP contribution is -2.37. The van der Waals surface area contributed by atoms with Gasteiger partial charge in [0.1, 0.15) is 6.54 Å². The first-order valence-electron chi connectivity index (χ1n) is 9.72. The van der Waals surface area contributed by atoms with E-state index in [0.29, 0.717) is 10.8 Å². The van der Waals surface area contributed by atoms with Gasteiger partial charge in [-0.2, -0.15) is 0 Å². The number of benzene rings is 2. The van der Waals surface area contributed by atoms with Crippen LogP contribution in [-0.2, 0) is 27.7 Å². The van der Waals surface area contributed by atoms with Crippen LogP contribution in [0.15, 0.2) is 47.8 Å². The third kappa shape index (κ3) is 4.39. The average Bonchev–Trinajstić information content (AvgIpc) is 3.34. The Morgan fingerprint density at radius 3 is 2.70 bits per heavy atom. The van der Waals surface area contributed by atoms with Gasteiger partial charge in [0, 0.05) is 10.9 Å². The number of rotatable bonds is 6. The second kappa shape index (κ2) is 8.20. The first-order valence-corrected chi connectivity index (χ1v) is 12.4. The molecule has 0 bridgehead atoms. The topological polar surface area (TPSA) is 79.4 Å². The maximum atomic E-state index is 12.6. The van der Waals surface area contributed by atoms with Gasteiger partial charge in [0.2, 0.25) is 15.9 Å². The van der Waals surface area contributed by atoms with Gasteiger partial charge in [0.25, 0.3) is 0 Å². The molecule has 6 nitrogen and oxygen atoms in total. The monoisotopic (exact) mass is 441 g/mol. The number of amides is 1. The van der Waals surface area contributed by atoms with E-state index in [0.717, 1.165) is 40.2 Å². The fourth-order valence-electron chi connectivity index (χ4n) is 3.71. The van der Waals surface area contributed by atoms with E-state index < -0.39 is 15.9 Å². The van der Waals surface area contributed by atoms with Crippen LogP contribution in [0.1, 0.15) is 23.1 Å². The van der Waals surface area contributed by atoms with Gasteiger partial charge in [-0.15, -0.1) is 11.3 Å². The summed E-state index contributed by atoms with van der Waals surface area (Å²) in [6, 6.07) is 13.5. The Morgan fingerprint density at radius 2 is 1.93 bits per heavy atom. The van der Waals surface area contributed by atoms with Crippen LogP contribution < -0.4 is 9.62 Å². The molecule has 1 aliphatic carbocycles. The summed E-state index contributed by atoms with van der Waals surface area (Å²) in [6.07, 6.45) is 4.51. The minimum atomic E-state index is -3.62. The second-order valence-electron chi connectivity index (χ2n) is 7.48. The zero-order valence-corrected chi connectivity index (χ0v) is 18.5. The number of thiazole rings is 1.